The van der Waals surface area contributed by atoms with Gasteiger partial charge in [-0.3, -0.25) is 0 Å². The fraction of sp³-hybridized carbons (Fsp3) is 0.625. The molecule has 1 fully saturated rings. The van der Waals surface area contributed by atoms with Gasteiger partial charge in [-0.25, -0.2) is 0 Å². The molecule has 100 valence electrons. The Hall–Kier alpha value is -1.02. The van der Waals surface area contributed by atoms with E-state index in [-0.39, 0.29) is 0 Å². The van der Waals surface area contributed by atoms with Crippen LogP contribution in [-0.2, 0) is 4.74 Å². The molecular weight excluding hydrogens is 222 g/mol. The topological polar surface area (TPSA) is 21.3 Å². The van der Waals surface area contributed by atoms with E-state index in [2.05, 4.69) is 50.4 Å². The third kappa shape index (κ3) is 3.26. The van der Waals surface area contributed by atoms with Crippen molar-refractivity contribution in [2.45, 2.75) is 58.1 Å². The zero-order valence-corrected chi connectivity index (χ0v) is 11.8. The summed E-state index contributed by atoms with van der Waals surface area (Å²) < 4.78 is 5.57. The Kier molecular flexibility index (Phi) is 4.65. The lowest BCUT2D eigenvalue weighted by Gasteiger charge is -2.36. The maximum Gasteiger partial charge on any atom is 0.0614 e. The molecule has 0 saturated heterocycles. The summed E-state index contributed by atoms with van der Waals surface area (Å²) in [6, 6.07) is 9.49. The average Bonchev–Trinajstić information content (AvgIpc) is 2.36. The Morgan fingerprint density at radius 3 is 2.44 bits per heavy atom. The second kappa shape index (κ2) is 6.24. The Morgan fingerprint density at radius 1 is 1.22 bits per heavy atom. The first kappa shape index (κ1) is 13.4. The first-order valence-corrected chi connectivity index (χ1v) is 7.21. The highest BCUT2D eigenvalue weighted by atomic mass is 16.5. The molecular formula is C16H25NO. The van der Waals surface area contributed by atoms with Crippen LogP contribution < -0.4 is 5.32 Å². The fourth-order valence-corrected chi connectivity index (χ4v) is 2.43. The lowest BCUT2D eigenvalue weighted by molar-refractivity contribution is 0.00299. The van der Waals surface area contributed by atoms with Gasteiger partial charge in [0.15, 0.2) is 0 Å². The SMILES string of the molecule is CCOC1CC(Nc2ccc(C(C)CC)cc2)C1. The summed E-state index contributed by atoms with van der Waals surface area (Å²) in [4.78, 5) is 0. The van der Waals surface area contributed by atoms with Crippen molar-refractivity contribution < 1.29 is 4.74 Å². The van der Waals surface area contributed by atoms with E-state index in [1.165, 1.54) is 17.7 Å². The van der Waals surface area contributed by atoms with Crippen LogP contribution in [0.2, 0.25) is 0 Å². The monoisotopic (exact) mass is 247 g/mol. The summed E-state index contributed by atoms with van der Waals surface area (Å²) in [6.45, 7) is 7.41. The van der Waals surface area contributed by atoms with E-state index in [1.54, 1.807) is 0 Å². The van der Waals surface area contributed by atoms with Gasteiger partial charge in [0, 0.05) is 18.3 Å². The maximum absolute atomic E-state index is 5.57. The van der Waals surface area contributed by atoms with Gasteiger partial charge in [0.1, 0.15) is 0 Å². The number of ether oxygens (including phenoxy) is 1. The molecule has 2 rings (SSSR count). The average molecular weight is 247 g/mol. The first-order chi connectivity index (χ1) is 8.72. The van der Waals surface area contributed by atoms with Crippen LogP contribution in [0.3, 0.4) is 0 Å². The van der Waals surface area contributed by atoms with Crippen LogP contribution in [0.1, 0.15) is 51.5 Å². The van der Waals surface area contributed by atoms with Crippen LogP contribution in [0.5, 0.6) is 0 Å². The largest absolute Gasteiger partial charge is 0.382 e. The minimum Gasteiger partial charge on any atom is -0.382 e. The minimum atomic E-state index is 0.479. The summed E-state index contributed by atoms with van der Waals surface area (Å²) in [5.41, 5.74) is 2.67. The molecule has 0 radical (unpaired) electrons. The predicted molar refractivity (Wildman–Crippen MR) is 77.2 cm³/mol. The fourth-order valence-electron chi connectivity index (χ4n) is 2.43. The van der Waals surface area contributed by atoms with Gasteiger partial charge in [0.2, 0.25) is 0 Å². The molecule has 0 spiro atoms. The Morgan fingerprint density at radius 2 is 1.89 bits per heavy atom. The maximum atomic E-state index is 5.57. The molecule has 0 bridgehead atoms. The normalized spacial score (nSPS) is 24.4. The van der Waals surface area contributed by atoms with Gasteiger partial charge in [-0.15, -0.1) is 0 Å². The van der Waals surface area contributed by atoms with Crippen molar-refractivity contribution in [1.82, 2.24) is 0 Å². The van der Waals surface area contributed by atoms with Gasteiger partial charge in [0.05, 0.1) is 6.10 Å². The molecule has 1 aliphatic rings. The molecule has 0 aliphatic heterocycles. The van der Waals surface area contributed by atoms with E-state index < -0.39 is 0 Å². The zero-order valence-electron chi connectivity index (χ0n) is 11.8. The number of hydrogen-bond acceptors (Lipinski definition) is 2. The summed E-state index contributed by atoms with van der Waals surface area (Å²) in [5, 5.41) is 3.57. The second-order valence-corrected chi connectivity index (χ2v) is 5.32. The molecule has 1 N–H and O–H groups in total. The van der Waals surface area contributed by atoms with Crippen LogP contribution in [0.15, 0.2) is 24.3 Å². The van der Waals surface area contributed by atoms with Crippen LogP contribution >= 0.6 is 0 Å². The summed E-state index contributed by atoms with van der Waals surface area (Å²) in [5.74, 6) is 0.657. The van der Waals surface area contributed by atoms with E-state index in [9.17, 15) is 0 Å². The summed E-state index contributed by atoms with van der Waals surface area (Å²) >= 11 is 0. The summed E-state index contributed by atoms with van der Waals surface area (Å²) in [7, 11) is 0. The van der Waals surface area contributed by atoms with Crippen molar-refractivity contribution in [3.63, 3.8) is 0 Å². The number of nitrogens with one attached hydrogen (secondary N) is 1. The Labute approximate surface area is 111 Å². The molecule has 1 aromatic rings. The molecule has 2 nitrogen and oxygen atoms in total. The van der Waals surface area contributed by atoms with Gasteiger partial charge in [-0.1, -0.05) is 26.0 Å². The predicted octanol–water partition coefficient (Wildman–Crippen LogP) is 4.18. The molecule has 2 heteroatoms. The van der Waals surface area contributed by atoms with Crippen molar-refractivity contribution in [3.05, 3.63) is 29.8 Å². The third-order valence-corrected chi connectivity index (χ3v) is 3.96. The smallest absolute Gasteiger partial charge is 0.0614 e. The first-order valence-electron chi connectivity index (χ1n) is 7.21. The lowest BCUT2D eigenvalue weighted by atomic mass is 9.89. The Balaban J connectivity index is 1.81. The second-order valence-electron chi connectivity index (χ2n) is 5.32. The van der Waals surface area contributed by atoms with Crippen LogP contribution in [0.4, 0.5) is 5.69 Å². The molecule has 1 aromatic carbocycles. The minimum absolute atomic E-state index is 0.479. The van der Waals surface area contributed by atoms with Crippen LogP contribution in [0.25, 0.3) is 0 Å². The lowest BCUT2D eigenvalue weighted by Crippen LogP contribution is -2.40. The Bertz CT molecular complexity index is 354. The van der Waals surface area contributed by atoms with Crippen molar-refractivity contribution in [2.24, 2.45) is 0 Å². The molecule has 0 amide bonds. The molecule has 0 heterocycles. The highest BCUT2D eigenvalue weighted by Crippen LogP contribution is 2.27. The molecule has 1 saturated carbocycles. The van der Waals surface area contributed by atoms with Gasteiger partial charge in [-0.2, -0.15) is 0 Å². The number of hydrogen-bond donors (Lipinski definition) is 1. The van der Waals surface area contributed by atoms with Crippen LogP contribution in [0, 0.1) is 0 Å². The number of rotatable bonds is 6. The molecule has 18 heavy (non-hydrogen) atoms. The standard InChI is InChI=1S/C16H25NO/c1-4-12(3)13-6-8-14(9-7-13)17-15-10-16(11-15)18-5-2/h6-9,12,15-17H,4-5,10-11H2,1-3H3. The van der Waals surface area contributed by atoms with E-state index in [1.807, 2.05) is 0 Å². The van der Waals surface area contributed by atoms with Crippen molar-refractivity contribution in [1.29, 1.82) is 0 Å². The zero-order chi connectivity index (χ0) is 13.0. The van der Waals surface area contributed by atoms with E-state index in [0.29, 0.717) is 18.1 Å². The number of benzene rings is 1. The highest BCUT2D eigenvalue weighted by Gasteiger charge is 2.29. The molecule has 1 atom stereocenters. The van der Waals surface area contributed by atoms with E-state index in [0.717, 1.165) is 19.4 Å². The highest BCUT2D eigenvalue weighted by molar-refractivity contribution is 5.46. The third-order valence-electron chi connectivity index (χ3n) is 3.96. The van der Waals surface area contributed by atoms with Gasteiger partial charge >= 0.3 is 0 Å². The van der Waals surface area contributed by atoms with E-state index >= 15 is 0 Å². The van der Waals surface area contributed by atoms with Crippen LogP contribution in [-0.4, -0.2) is 18.8 Å². The van der Waals surface area contributed by atoms with Crippen molar-refractivity contribution in [3.8, 4) is 0 Å². The van der Waals surface area contributed by atoms with Crippen molar-refractivity contribution >= 4 is 5.69 Å². The van der Waals surface area contributed by atoms with E-state index in [4.69, 9.17) is 4.74 Å². The van der Waals surface area contributed by atoms with Crippen molar-refractivity contribution in [2.75, 3.05) is 11.9 Å². The quantitative estimate of drug-likeness (QED) is 0.814. The molecule has 1 unspecified atom stereocenters. The number of anilines is 1. The molecule has 0 aromatic heterocycles. The van der Waals surface area contributed by atoms with Gasteiger partial charge in [-0.05, 0) is 49.8 Å². The van der Waals surface area contributed by atoms with Gasteiger partial charge in [0.25, 0.3) is 0 Å². The molecule has 1 aliphatic carbocycles. The van der Waals surface area contributed by atoms with Gasteiger partial charge < -0.3 is 10.1 Å². The summed E-state index contributed by atoms with van der Waals surface area (Å²) in [6.07, 6.45) is 3.96.